The van der Waals surface area contributed by atoms with Crippen LogP contribution in [0.3, 0.4) is 0 Å². The number of carbonyl (C=O) groups excluding carboxylic acids is 3. The Balaban J connectivity index is 2.10. The van der Waals surface area contributed by atoms with Crippen molar-refractivity contribution in [3.05, 3.63) is 24.3 Å². The Hall–Kier alpha value is -2.03. The van der Waals surface area contributed by atoms with Crippen molar-refractivity contribution in [1.29, 1.82) is 0 Å². The van der Waals surface area contributed by atoms with Crippen LogP contribution in [0.4, 0.5) is 0 Å². The fraction of sp³-hybridized carbons (Fsp3) is 0.816. The van der Waals surface area contributed by atoms with Crippen LogP contribution in [-0.2, 0) is 23.9 Å². The number of hydrogen-bond acceptors (Lipinski definition) is 8. The molecule has 6 atom stereocenters. The first-order chi connectivity index (χ1) is 22.2. The maximum Gasteiger partial charge on any atom is 0.305 e. The molecular weight excluding hydrogens is 584 g/mol. The van der Waals surface area contributed by atoms with E-state index < -0.39 is 24.3 Å². The number of Topliss-reactive ketones (excluding diaryl/α,β-unsaturated/α-hetero) is 1. The zero-order chi connectivity index (χ0) is 34.0. The van der Waals surface area contributed by atoms with E-state index in [2.05, 4.69) is 20.8 Å². The lowest BCUT2D eigenvalue weighted by Crippen LogP contribution is -2.25. The van der Waals surface area contributed by atoms with E-state index in [0.717, 1.165) is 44.4 Å². The van der Waals surface area contributed by atoms with E-state index in [4.69, 9.17) is 9.47 Å². The van der Waals surface area contributed by atoms with Gasteiger partial charge in [0.2, 0.25) is 0 Å². The molecule has 0 aromatic heterocycles. The highest BCUT2D eigenvalue weighted by molar-refractivity contribution is 5.84. The van der Waals surface area contributed by atoms with Crippen LogP contribution >= 0.6 is 0 Å². The second-order valence-corrected chi connectivity index (χ2v) is 13.4. The summed E-state index contributed by atoms with van der Waals surface area (Å²) in [4.78, 5) is 36.4. The number of aliphatic hydroxyl groups is 3. The summed E-state index contributed by atoms with van der Waals surface area (Å²) >= 11 is 0. The number of aliphatic hydroxyl groups excluding tert-OH is 3. The number of ether oxygens (including phenoxy) is 2. The Morgan fingerprint density at radius 1 is 0.826 bits per heavy atom. The van der Waals surface area contributed by atoms with E-state index in [9.17, 15) is 29.7 Å². The van der Waals surface area contributed by atoms with Gasteiger partial charge in [0, 0.05) is 31.1 Å². The Labute approximate surface area is 279 Å². The smallest absolute Gasteiger partial charge is 0.305 e. The summed E-state index contributed by atoms with van der Waals surface area (Å²) in [5.74, 6) is -0.499. The zero-order valence-corrected chi connectivity index (χ0v) is 29.2. The molecule has 1 aliphatic rings. The van der Waals surface area contributed by atoms with Crippen molar-refractivity contribution < 1.29 is 39.2 Å². The molecule has 8 heteroatoms. The predicted molar refractivity (Wildman–Crippen MR) is 183 cm³/mol. The van der Waals surface area contributed by atoms with Crippen molar-refractivity contribution >= 4 is 17.7 Å². The van der Waals surface area contributed by atoms with Crippen LogP contribution in [0.2, 0.25) is 0 Å². The second kappa shape index (κ2) is 27.0. The fourth-order valence-electron chi connectivity index (χ4n) is 5.81. The molecular formula is C38H66O8. The first kappa shape index (κ1) is 42.0. The Morgan fingerprint density at radius 3 is 2.04 bits per heavy atom. The summed E-state index contributed by atoms with van der Waals surface area (Å²) < 4.78 is 10.2. The van der Waals surface area contributed by atoms with E-state index in [-0.39, 0.29) is 49.6 Å². The SMILES string of the molecule is CCCCC[C@H](O)/C=C/[C@H]1[C@H](O)CC(=O)[C@@H]1C/C=C\CCCC(=O)OC[C@@H](O)COC(=O)CCCCCCCCCCC(C)CC. The molecule has 0 spiro atoms. The summed E-state index contributed by atoms with van der Waals surface area (Å²) in [6, 6.07) is 0. The van der Waals surface area contributed by atoms with Gasteiger partial charge < -0.3 is 24.8 Å². The largest absolute Gasteiger partial charge is 0.463 e. The summed E-state index contributed by atoms with van der Waals surface area (Å²) in [6.45, 7) is 6.28. The molecule has 266 valence electrons. The van der Waals surface area contributed by atoms with Gasteiger partial charge in [0.05, 0.1) is 12.2 Å². The molecule has 0 saturated heterocycles. The highest BCUT2D eigenvalue weighted by Gasteiger charge is 2.39. The highest BCUT2D eigenvalue weighted by atomic mass is 16.6. The molecule has 1 saturated carbocycles. The number of allylic oxidation sites excluding steroid dienone is 2. The van der Waals surface area contributed by atoms with Crippen LogP contribution in [0.25, 0.3) is 0 Å². The molecule has 1 aliphatic carbocycles. The van der Waals surface area contributed by atoms with Gasteiger partial charge in [-0.25, -0.2) is 0 Å². The lowest BCUT2D eigenvalue weighted by molar-refractivity contribution is -0.152. The van der Waals surface area contributed by atoms with Crippen LogP contribution in [-0.4, -0.2) is 64.6 Å². The van der Waals surface area contributed by atoms with E-state index in [1.807, 2.05) is 12.2 Å². The van der Waals surface area contributed by atoms with Crippen molar-refractivity contribution in [3.63, 3.8) is 0 Å². The average molecular weight is 651 g/mol. The molecule has 0 amide bonds. The minimum absolute atomic E-state index is 0.0314. The molecule has 0 heterocycles. The molecule has 1 fully saturated rings. The third kappa shape index (κ3) is 21.0. The van der Waals surface area contributed by atoms with Gasteiger partial charge in [0.15, 0.2) is 0 Å². The van der Waals surface area contributed by atoms with Gasteiger partial charge in [0.25, 0.3) is 0 Å². The second-order valence-electron chi connectivity index (χ2n) is 13.4. The number of esters is 2. The number of rotatable bonds is 28. The topological polar surface area (TPSA) is 130 Å². The molecule has 0 aliphatic heterocycles. The molecule has 0 radical (unpaired) electrons. The maximum absolute atomic E-state index is 12.4. The Kier molecular flexibility index (Phi) is 24.6. The van der Waals surface area contributed by atoms with Crippen molar-refractivity contribution in [3.8, 4) is 0 Å². The predicted octanol–water partition coefficient (Wildman–Crippen LogP) is 7.56. The van der Waals surface area contributed by atoms with Crippen LogP contribution in [0, 0.1) is 17.8 Å². The van der Waals surface area contributed by atoms with Crippen molar-refractivity contribution in [2.45, 2.75) is 167 Å². The quantitative estimate of drug-likeness (QED) is 0.0449. The first-order valence-electron chi connectivity index (χ1n) is 18.4. The van der Waals surface area contributed by atoms with Crippen LogP contribution < -0.4 is 0 Å². The summed E-state index contributed by atoms with van der Waals surface area (Å²) in [5.41, 5.74) is 0. The third-order valence-electron chi connectivity index (χ3n) is 9.10. The number of hydrogen-bond donors (Lipinski definition) is 3. The maximum atomic E-state index is 12.4. The van der Waals surface area contributed by atoms with Gasteiger partial charge in [-0.2, -0.15) is 0 Å². The average Bonchev–Trinajstić information content (AvgIpc) is 3.31. The fourth-order valence-corrected chi connectivity index (χ4v) is 5.81. The van der Waals surface area contributed by atoms with Crippen LogP contribution in [0.15, 0.2) is 24.3 Å². The number of carbonyl (C=O) groups is 3. The number of unbranched alkanes of at least 4 members (excludes halogenated alkanes) is 10. The zero-order valence-electron chi connectivity index (χ0n) is 29.2. The van der Waals surface area contributed by atoms with Gasteiger partial charge in [-0.05, 0) is 38.0 Å². The molecule has 0 aromatic rings. The van der Waals surface area contributed by atoms with Gasteiger partial charge in [-0.1, -0.05) is 122 Å². The molecule has 0 bridgehead atoms. The van der Waals surface area contributed by atoms with E-state index >= 15 is 0 Å². The summed E-state index contributed by atoms with van der Waals surface area (Å²) in [5, 5.41) is 30.5. The lowest BCUT2D eigenvalue weighted by atomic mass is 9.90. The van der Waals surface area contributed by atoms with Gasteiger partial charge >= 0.3 is 11.9 Å². The Morgan fingerprint density at radius 2 is 1.41 bits per heavy atom. The van der Waals surface area contributed by atoms with Gasteiger partial charge in [0.1, 0.15) is 25.1 Å². The normalized spacial score (nSPS) is 20.4. The van der Waals surface area contributed by atoms with Gasteiger partial charge in [-0.3, -0.25) is 14.4 Å². The lowest BCUT2D eigenvalue weighted by Gasteiger charge is -2.16. The minimum Gasteiger partial charge on any atom is -0.463 e. The molecule has 0 aromatic carbocycles. The molecule has 46 heavy (non-hydrogen) atoms. The molecule has 1 rings (SSSR count). The monoisotopic (exact) mass is 650 g/mol. The third-order valence-corrected chi connectivity index (χ3v) is 9.10. The van der Waals surface area contributed by atoms with E-state index in [1.165, 1.54) is 44.9 Å². The molecule has 8 nitrogen and oxygen atoms in total. The number of ketones is 1. The minimum atomic E-state index is -1.05. The van der Waals surface area contributed by atoms with Crippen LogP contribution in [0.5, 0.6) is 0 Å². The van der Waals surface area contributed by atoms with Crippen molar-refractivity contribution in [1.82, 2.24) is 0 Å². The highest BCUT2D eigenvalue weighted by Crippen LogP contribution is 2.33. The summed E-state index contributed by atoms with van der Waals surface area (Å²) in [7, 11) is 0. The van der Waals surface area contributed by atoms with Crippen molar-refractivity contribution in [2.24, 2.45) is 17.8 Å². The summed E-state index contributed by atoms with van der Waals surface area (Å²) in [6.07, 6.45) is 23.1. The van der Waals surface area contributed by atoms with Crippen molar-refractivity contribution in [2.75, 3.05) is 13.2 Å². The standard InChI is InChI=1S/C38H66O8/c1-4-6-15-21-31(39)25-26-34-33(35(41)27-36(34)42)22-17-13-14-19-24-38(44)46-29-32(40)28-45-37(43)23-18-12-10-8-7-9-11-16-20-30(3)5-2/h13,17,25-26,30-34,36,39-40,42H,4-12,14-16,18-24,27-29H2,1-3H3/b17-13-,26-25+/t30?,31-,32-,33+,34+,36+/m0/s1. The first-order valence-corrected chi connectivity index (χ1v) is 18.4. The van der Waals surface area contributed by atoms with E-state index in [1.54, 1.807) is 12.2 Å². The van der Waals surface area contributed by atoms with E-state index in [0.29, 0.717) is 32.1 Å². The molecule has 3 N–H and O–H groups in total. The Bertz CT molecular complexity index is 869. The van der Waals surface area contributed by atoms with Gasteiger partial charge in [-0.15, -0.1) is 0 Å². The van der Waals surface area contributed by atoms with Crippen LogP contribution in [0.1, 0.15) is 149 Å². The molecule has 1 unspecified atom stereocenters.